The van der Waals surface area contributed by atoms with E-state index in [0.717, 1.165) is 5.56 Å². The van der Waals surface area contributed by atoms with Gasteiger partial charge < -0.3 is 4.52 Å². The summed E-state index contributed by atoms with van der Waals surface area (Å²) in [5.74, 6) is 0.485. The zero-order valence-electron chi connectivity index (χ0n) is 7.68. The number of carbonyl (C=O) groups excluding carboxylic acids is 1. The third-order valence-corrected chi connectivity index (χ3v) is 2.11. The number of nitrogens with zero attached hydrogens (tertiary/aromatic N) is 2. The van der Waals surface area contributed by atoms with Gasteiger partial charge >= 0.3 is 0 Å². The fraction of sp³-hybridized carbons (Fsp3) is 0.100. The van der Waals surface area contributed by atoms with Gasteiger partial charge in [0.15, 0.2) is 6.29 Å². The topological polar surface area (TPSA) is 56.0 Å². The van der Waals surface area contributed by atoms with E-state index in [1.54, 1.807) is 12.1 Å². The molecule has 0 bridgehead atoms. The smallest absolute Gasteiger partial charge is 0.235 e. The summed E-state index contributed by atoms with van der Waals surface area (Å²) < 4.78 is 4.86. The minimum Gasteiger partial charge on any atom is -0.339 e. The van der Waals surface area contributed by atoms with Crippen LogP contribution in [0.5, 0.6) is 0 Å². The maximum atomic E-state index is 10.3. The van der Waals surface area contributed by atoms with E-state index in [2.05, 4.69) is 10.1 Å². The molecule has 0 N–H and O–H groups in total. The SMILES string of the molecule is O=Cc1noc(Cc2ccc(Cl)cc2)n1. The maximum absolute atomic E-state index is 10.3. The molecule has 5 heteroatoms. The number of benzene rings is 1. The van der Waals surface area contributed by atoms with Crippen LogP contribution in [-0.2, 0) is 6.42 Å². The van der Waals surface area contributed by atoms with Gasteiger partial charge in [-0.25, -0.2) is 0 Å². The van der Waals surface area contributed by atoms with Gasteiger partial charge in [0.1, 0.15) is 0 Å². The van der Waals surface area contributed by atoms with Crippen LogP contribution in [0.4, 0.5) is 0 Å². The molecule has 0 unspecified atom stereocenters. The molecule has 0 saturated heterocycles. The fourth-order valence-corrected chi connectivity index (χ4v) is 1.29. The quantitative estimate of drug-likeness (QED) is 0.747. The van der Waals surface area contributed by atoms with Gasteiger partial charge in [-0.05, 0) is 17.7 Å². The van der Waals surface area contributed by atoms with E-state index in [0.29, 0.717) is 23.6 Å². The monoisotopic (exact) mass is 222 g/mol. The minimum atomic E-state index is 0.0685. The van der Waals surface area contributed by atoms with E-state index < -0.39 is 0 Å². The van der Waals surface area contributed by atoms with Crippen LogP contribution in [0.15, 0.2) is 28.8 Å². The lowest BCUT2D eigenvalue weighted by Gasteiger charge is -1.95. The Morgan fingerprint density at radius 1 is 1.33 bits per heavy atom. The molecule has 0 fully saturated rings. The molecule has 1 aromatic heterocycles. The second kappa shape index (κ2) is 4.23. The van der Waals surface area contributed by atoms with E-state index in [-0.39, 0.29) is 5.82 Å². The number of aromatic nitrogens is 2. The molecule has 0 aliphatic heterocycles. The van der Waals surface area contributed by atoms with Crippen LogP contribution >= 0.6 is 11.6 Å². The van der Waals surface area contributed by atoms with Crippen molar-refractivity contribution in [1.82, 2.24) is 10.1 Å². The van der Waals surface area contributed by atoms with E-state index >= 15 is 0 Å². The molecular weight excluding hydrogens is 216 g/mol. The van der Waals surface area contributed by atoms with Gasteiger partial charge in [0.05, 0.1) is 6.42 Å². The first-order valence-corrected chi connectivity index (χ1v) is 4.68. The van der Waals surface area contributed by atoms with Crippen LogP contribution in [0, 0.1) is 0 Å². The number of hydrogen-bond acceptors (Lipinski definition) is 4. The van der Waals surface area contributed by atoms with Crippen molar-refractivity contribution in [3.8, 4) is 0 Å². The van der Waals surface area contributed by atoms with Crippen molar-refractivity contribution in [3.05, 3.63) is 46.6 Å². The van der Waals surface area contributed by atoms with Crippen LogP contribution in [0.3, 0.4) is 0 Å². The minimum absolute atomic E-state index is 0.0685. The summed E-state index contributed by atoms with van der Waals surface area (Å²) in [5.41, 5.74) is 1.00. The Labute approximate surface area is 90.9 Å². The van der Waals surface area contributed by atoms with Gasteiger partial charge in [0, 0.05) is 5.02 Å². The predicted octanol–water partition coefficient (Wildman–Crippen LogP) is 2.13. The number of carbonyl (C=O) groups is 1. The lowest BCUT2D eigenvalue weighted by molar-refractivity contribution is 0.111. The zero-order valence-corrected chi connectivity index (χ0v) is 8.44. The lowest BCUT2D eigenvalue weighted by Crippen LogP contribution is -1.88. The van der Waals surface area contributed by atoms with Gasteiger partial charge in [0.2, 0.25) is 11.7 Å². The molecule has 0 amide bonds. The van der Waals surface area contributed by atoms with Crippen LogP contribution in [0.1, 0.15) is 22.1 Å². The summed E-state index contributed by atoms with van der Waals surface area (Å²) >= 11 is 5.74. The largest absolute Gasteiger partial charge is 0.339 e. The summed E-state index contributed by atoms with van der Waals surface area (Å²) in [6.45, 7) is 0. The molecule has 1 heterocycles. The number of rotatable bonds is 3. The highest BCUT2D eigenvalue weighted by Crippen LogP contribution is 2.12. The molecule has 4 nitrogen and oxygen atoms in total. The summed E-state index contributed by atoms with van der Waals surface area (Å²) in [5, 5.41) is 4.15. The van der Waals surface area contributed by atoms with Crippen molar-refractivity contribution < 1.29 is 9.32 Å². The first-order chi connectivity index (χ1) is 7.28. The molecule has 76 valence electrons. The molecule has 0 aliphatic carbocycles. The third-order valence-electron chi connectivity index (χ3n) is 1.86. The van der Waals surface area contributed by atoms with Crippen molar-refractivity contribution in [3.63, 3.8) is 0 Å². The van der Waals surface area contributed by atoms with Crippen LogP contribution in [0.2, 0.25) is 5.02 Å². The highest BCUT2D eigenvalue weighted by atomic mass is 35.5. The Balaban J connectivity index is 2.14. The van der Waals surface area contributed by atoms with Gasteiger partial charge in [-0.2, -0.15) is 4.98 Å². The molecule has 0 atom stereocenters. The predicted molar refractivity (Wildman–Crippen MR) is 53.9 cm³/mol. The van der Waals surface area contributed by atoms with Gasteiger partial charge in [-0.15, -0.1) is 0 Å². The molecule has 15 heavy (non-hydrogen) atoms. The van der Waals surface area contributed by atoms with Crippen molar-refractivity contribution in [1.29, 1.82) is 0 Å². The van der Waals surface area contributed by atoms with E-state index in [4.69, 9.17) is 16.1 Å². The second-order valence-electron chi connectivity index (χ2n) is 2.97. The Kier molecular flexibility index (Phi) is 2.78. The van der Waals surface area contributed by atoms with Crippen molar-refractivity contribution >= 4 is 17.9 Å². The van der Waals surface area contributed by atoms with E-state index in [9.17, 15) is 4.79 Å². The second-order valence-corrected chi connectivity index (χ2v) is 3.40. The summed E-state index contributed by atoms with van der Waals surface area (Å²) in [7, 11) is 0. The molecule has 0 radical (unpaired) electrons. The van der Waals surface area contributed by atoms with E-state index in [1.807, 2.05) is 12.1 Å². The van der Waals surface area contributed by atoms with Crippen LogP contribution in [-0.4, -0.2) is 16.4 Å². The first-order valence-electron chi connectivity index (χ1n) is 4.30. The standard InChI is InChI=1S/C10H7ClN2O2/c11-8-3-1-7(2-4-8)5-10-12-9(6-14)13-15-10/h1-4,6H,5H2. The average Bonchev–Trinajstić information content (AvgIpc) is 2.69. The molecule has 2 aromatic rings. The van der Waals surface area contributed by atoms with Gasteiger partial charge in [0.25, 0.3) is 0 Å². The molecule has 0 saturated carbocycles. The van der Waals surface area contributed by atoms with Gasteiger partial charge in [-0.1, -0.05) is 28.9 Å². The summed E-state index contributed by atoms with van der Waals surface area (Å²) in [6, 6.07) is 7.31. The normalized spacial score (nSPS) is 10.2. The van der Waals surface area contributed by atoms with Gasteiger partial charge in [-0.3, -0.25) is 4.79 Å². The molecule has 2 rings (SSSR count). The number of halogens is 1. The Morgan fingerprint density at radius 3 is 2.67 bits per heavy atom. The van der Waals surface area contributed by atoms with Crippen molar-refractivity contribution in [2.24, 2.45) is 0 Å². The van der Waals surface area contributed by atoms with Crippen LogP contribution < -0.4 is 0 Å². The highest BCUT2D eigenvalue weighted by Gasteiger charge is 2.05. The Morgan fingerprint density at radius 2 is 2.07 bits per heavy atom. The molecule has 0 spiro atoms. The number of aldehydes is 1. The van der Waals surface area contributed by atoms with E-state index in [1.165, 1.54) is 0 Å². The lowest BCUT2D eigenvalue weighted by atomic mass is 10.1. The summed E-state index contributed by atoms with van der Waals surface area (Å²) in [4.78, 5) is 14.2. The van der Waals surface area contributed by atoms with Crippen molar-refractivity contribution in [2.75, 3.05) is 0 Å². The highest BCUT2D eigenvalue weighted by molar-refractivity contribution is 6.30. The zero-order chi connectivity index (χ0) is 10.7. The molecule has 1 aromatic carbocycles. The number of hydrogen-bond donors (Lipinski definition) is 0. The fourth-order valence-electron chi connectivity index (χ4n) is 1.16. The maximum Gasteiger partial charge on any atom is 0.235 e. The Bertz CT molecular complexity index is 465. The molecule has 0 aliphatic rings. The third kappa shape index (κ3) is 2.41. The first kappa shape index (κ1) is 9.86. The van der Waals surface area contributed by atoms with Crippen molar-refractivity contribution in [2.45, 2.75) is 6.42 Å². The van der Waals surface area contributed by atoms with Crippen LogP contribution in [0.25, 0.3) is 0 Å². The summed E-state index contributed by atoms with van der Waals surface area (Å²) in [6.07, 6.45) is 1.05. The average molecular weight is 223 g/mol. The Hall–Kier alpha value is -1.68. The molecular formula is C10H7ClN2O2.